The second kappa shape index (κ2) is 7.14. The third-order valence-corrected chi connectivity index (χ3v) is 4.61. The van der Waals surface area contributed by atoms with Crippen molar-refractivity contribution in [3.8, 4) is 17.2 Å². The summed E-state index contributed by atoms with van der Waals surface area (Å²) in [7, 11) is 2.50. The van der Waals surface area contributed by atoms with Crippen molar-refractivity contribution in [2.75, 3.05) is 12.4 Å². The van der Waals surface area contributed by atoms with Crippen LogP contribution >= 0.6 is 10.7 Å². The first-order valence-corrected chi connectivity index (χ1v) is 9.50. The highest BCUT2D eigenvalue weighted by Gasteiger charge is 2.21. The van der Waals surface area contributed by atoms with E-state index in [0.717, 1.165) is 11.6 Å². The van der Waals surface area contributed by atoms with Crippen LogP contribution in [0, 0.1) is 0 Å². The molecule has 134 valence electrons. The van der Waals surface area contributed by atoms with Crippen molar-refractivity contribution in [2.45, 2.75) is 4.90 Å². The summed E-state index contributed by atoms with van der Waals surface area (Å²) in [5.74, 6) is -0.611. The normalized spacial score (nSPS) is 11.2. The second-order valence-corrected chi connectivity index (χ2v) is 7.55. The molecule has 0 fully saturated rings. The molecule has 0 radical (unpaired) electrons. The Bertz CT molecular complexity index is 1050. The molecule has 0 spiro atoms. The lowest BCUT2D eigenvalue weighted by molar-refractivity contribution is 0.0991. The Balaban J connectivity index is 1.84. The van der Waals surface area contributed by atoms with E-state index in [1.807, 2.05) is 30.3 Å². The number of ether oxygens (including phenoxy) is 1. The van der Waals surface area contributed by atoms with E-state index in [4.69, 9.17) is 19.8 Å². The van der Waals surface area contributed by atoms with Crippen molar-refractivity contribution in [3.05, 3.63) is 54.7 Å². The summed E-state index contributed by atoms with van der Waals surface area (Å²) < 4.78 is 33.4. The van der Waals surface area contributed by atoms with Gasteiger partial charge in [-0.05, 0) is 6.07 Å². The highest BCUT2D eigenvalue weighted by molar-refractivity contribution is 8.13. The topological polar surface area (TPSA) is 111 Å². The Labute approximate surface area is 153 Å². The number of methoxy groups -OCH3 is 1. The number of oxazole rings is 1. The first kappa shape index (κ1) is 17.9. The number of carbonyl (C=O) groups is 1. The molecular formula is C16H12ClN3O5S. The molecule has 26 heavy (non-hydrogen) atoms. The molecule has 0 saturated carbocycles. The van der Waals surface area contributed by atoms with Crippen LogP contribution in [0.4, 0.5) is 5.69 Å². The molecule has 0 aliphatic carbocycles. The largest absolute Gasteiger partial charge is 0.480 e. The smallest absolute Gasteiger partial charge is 0.311 e. The van der Waals surface area contributed by atoms with E-state index in [2.05, 4.69) is 15.3 Å². The van der Waals surface area contributed by atoms with Gasteiger partial charge >= 0.3 is 5.91 Å². The molecule has 0 atom stereocenters. The number of nitrogens with zero attached hydrogens (tertiary/aromatic N) is 2. The molecule has 0 saturated heterocycles. The number of halogens is 1. The molecule has 10 heteroatoms. The van der Waals surface area contributed by atoms with Gasteiger partial charge in [0.1, 0.15) is 4.90 Å². The molecule has 3 aromatic rings. The number of carbonyl (C=O) groups excluding carboxylic acids is 1. The van der Waals surface area contributed by atoms with Gasteiger partial charge < -0.3 is 14.5 Å². The van der Waals surface area contributed by atoms with Gasteiger partial charge in [-0.25, -0.2) is 18.4 Å². The highest BCUT2D eigenvalue weighted by Crippen LogP contribution is 2.27. The lowest BCUT2D eigenvalue weighted by Gasteiger charge is -2.07. The summed E-state index contributed by atoms with van der Waals surface area (Å²) in [6.45, 7) is 0. The fraction of sp³-hybridized carbons (Fsp3) is 0.0625. The van der Waals surface area contributed by atoms with Crippen LogP contribution in [0.1, 0.15) is 10.7 Å². The van der Waals surface area contributed by atoms with Crippen molar-refractivity contribution in [2.24, 2.45) is 0 Å². The summed E-state index contributed by atoms with van der Waals surface area (Å²) in [4.78, 5) is 19.6. The summed E-state index contributed by atoms with van der Waals surface area (Å²) in [5, 5.41) is 2.45. The van der Waals surface area contributed by atoms with Crippen molar-refractivity contribution in [1.29, 1.82) is 0 Å². The van der Waals surface area contributed by atoms with E-state index in [9.17, 15) is 13.2 Å². The van der Waals surface area contributed by atoms with Crippen molar-refractivity contribution in [1.82, 2.24) is 9.97 Å². The van der Waals surface area contributed by atoms with E-state index in [1.165, 1.54) is 19.5 Å². The number of hydrogen-bond donors (Lipinski definition) is 1. The van der Waals surface area contributed by atoms with Crippen LogP contribution in [0.15, 0.2) is 58.1 Å². The number of nitrogens with one attached hydrogen (secondary N) is 1. The molecule has 0 unspecified atom stereocenters. The van der Waals surface area contributed by atoms with Gasteiger partial charge in [0.25, 0.3) is 14.9 Å². The molecule has 1 aromatic carbocycles. The number of anilines is 1. The maximum Gasteiger partial charge on any atom is 0.311 e. The fourth-order valence-corrected chi connectivity index (χ4v) is 3.07. The van der Waals surface area contributed by atoms with Crippen LogP contribution in [0.25, 0.3) is 11.3 Å². The number of amides is 1. The number of hydrogen-bond acceptors (Lipinski definition) is 7. The van der Waals surface area contributed by atoms with Gasteiger partial charge in [0.15, 0.2) is 5.76 Å². The number of pyridine rings is 1. The lowest BCUT2D eigenvalue weighted by Crippen LogP contribution is -2.13. The van der Waals surface area contributed by atoms with Gasteiger partial charge in [-0.15, -0.1) is 0 Å². The standard InChI is InChI=1S/C16H12ClN3O5S/c1-24-15-13(26(17,22)23)7-11(8-18-15)20-14(21)16-19-9-12(25-16)10-5-3-2-4-6-10/h2-9H,1H3,(H,20,21). The maximum absolute atomic E-state index is 12.3. The van der Waals surface area contributed by atoms with Gasteiger partial charge in [-0.2, -0.15) is 0 Å². The minimum absolute atomic E-state index is 0.0921. The molecule has 8 nitrogen and oxygen atoms in total. The van der Waals surface area contributed by atoms with Gasteiger partial charge in [0, 0.05) is 16.2 Å². The van der Waals surface area contributed by atoms with E-state index in [-0.39, 0.29) is 22.4 Å². The van der Waals surface area contributed by atoms with Crippen LogP contribution in [0.2, 0.25) is 0 Å². The van der Waals surface area contributed by atoms with E-state index in [1.54, 1.807) is 0 Å². The SMILES string of the molecule is COc1ncc(NC(=O)c2ncc(-c3ccccc3)o2)cc1S(=O)(=O)Cl. The van der Waals surface area contributed by atoms with Gasteiger partial charge in [-0.3, -0.25) is 4.79 Å². The molecule has 1 N–H and O–H groups in total. The zero-order valence-corrected chi connectivity index (χ0v) is 14.9. The third-order valence-electron chi connectivity index (χ3n) is 3.29. The monoisotopic (exact) mass is 393 g/mol. The molecule has 3 rings (SSSR count). The van der Waals surface area contributed by atoms with Crippen molar-refractivity contribution >= 4 is 31.3 Å². The van der Waals surface area contributed by atoms with Crippen LogP contribution < -0.4 is 10.1 Å². The number of rotatable bonds is 5. The first-order chi connectivity index (χ1) is 12.4. The van der Waals surface area contributed by atoms with Gasteiger partial charge in [0.05, 0.1) is 25.2 Å². The quantitative estimate of drug-likeness (QED) is 0.663. The Morgan fingerprint density at radius 2 is 1.92 bits per heavy atom. The summed E-state index contributed by atoms with van der Waals surface area (Å²) in [6, 6.07) is 10.3. The Kier molecular flexibility index (Phi) is 4.92. The van der Waals surface area contributed by atoms with Crippen LogP contribution in [-0.4, -0.2) is 31.4 Å². The molecule has 2 heterocycles. The van der Waals surface area contributed by atoms with E-state index in [0.29, 0.717) is 5.76 Å². The molecule has 0 aliphatic heterocycles. The highest BCUT2D eigenvalue weighted by atomic mass is 35.7. The predicted octanol–water partition coefficient (Wildman–Crippen LogP) is 2.93. The Morgan fingerprint density at radius 3 is 2.58 bits per heavy atom. The van der Waals surface area contributed by atoms with Crippen molar-refractivity contribution < 1.29 is 22.4 Å². The summed E-state index contributed by atoms with van der Waals surface area (Å²) in [5.41, 5.74) is 0.857. The van der Waals surface area contributed by atoms with Crippen LogP contribution in [0.3, 0.4) is 0 Å². The molecule has 1 amide bonds. The Hall–Kier alpha value is -2.91. The Morgan fingerprint density at radius 1 is 1.19 bits per heavy atom. The third kappa shape index (κ3) is 3.84. The molecule has 0 bridgehead atoms. The van der Waals surface area contributed by atoms with Crippen molar-refractivity contribution in [3.63, 3.8) is 0 Å². The maximum atomic E-state index is 12.3. The lowest BCUT2D eigenvalue weighted by atomic mass is 10.2. The zero-order chi connectivity index (χ0) is 18.7. The first-order valence-electron chi connectivity index (χ1n) is 7.20. The number of benzene rings is 1. The number of aromatic nitrogens is 2. The van der Waals surface area contributed by atoms with E-state index < -0.39 is 15.0 Å². The summed E-state index contributed by atoms with van der Waals surface area (Å²) >= 11 is 0. The van der Waals surface area contributed by atoms with Crippen LogP contribution in [0.5, 0.6) is 5.88 Å². The van der Waals surface area contributed by atoms with Gasteiger partial charge in [0.2, 0.25) is 5.88 Å². The molecular weight excluding hydrogens is 382 g/mol. The minimum atomic E-state index is -4.11. The van der Waals surface area contributed by atoms with E-state index >= 15 is 0 Å². The average Bonchev–Trinajstić information content (AvgIpc) is 3.12. The fourth-order valence-electron chi connectivity index (χ4n) is 2.13. The zero-order valence-electron chi connectivity index (χ0n) is 13.3. The summed E-state index contributed by atoms with van der Waals surface area (Å²) in [6.07, 6.45) is 2.65. The second-order valence-electron chi connectivity index (χ2n) is 5.02. The predicted molar refractivity (Wildman–Crippen MR) is 93.7 cm³/mol. The van der Waals surface area contributed by atoms with Crippen LogP contribution in [-0.2, 0) is 9.05 Å². The molecule has 2 aromatic heterocycles. The molecule has 0 aliphatic rings. The minimum Gasteiger partial charge on any atom is -0.480 e. The average molecular weight is 394 g/mol. The van der Waals surface area contributed by atoms with Gasteiger partial charge in [-0.1, -0.05) is 30.3 Å².